The Hall–Kier alpha value is -1.47. The van der Waals surface area contributed by atoms with Crippen LogP contribution in [0.4, 0.5) is 0 Å². The monoisotopic (exact) mass is 282 g/mol. The zero-order chi connectivity index (χ0) is 14.6. The molecule has 2 N–H and O–H groups in total. The van der Waals surface area contributed by atoms with E-state index in [2.05, 4.69) is 20.8 Å². The van der Waals surface area contributed by atoms with Gasteiger partial charge in [0.2, 0.25) is 17.6 Å². The highest BCUT2D eigenvalue weighted by atomic mass is 16.5. The van der Waals surface area contributed by atoms with Crippen molar-refractivity contribution in [3.8, 4) is 0 Å². The van der Waals surface area contributed by atoms with Crippen molar-refractivity contribution in [2.75, 3.05) is 20.2 Å². The molecule has 1 aromatic rings. The van der Waals surface area contributed by atoms with Gasteiger partial charge in [-0.2, -0.15) is 4.98 Å². The van der Waals surface area contributed by atoms with Crippen LogP contribution >= 0.6 is 0 Å². The SMILES string of the molecule is CCC(CC)(OC)c1noc(CC2NCCNC2=O)n1. The quantitative estimate of drug-likeness (QED) is 0.783. The van der Waals surface area contributed by atoms with Gasteiger partial charge in [-0.05, 0) is 12.8 Å². The lowest BCUT2D eigenvalue weighted by Crippen LogP contribution is -2.53. The summed E-state index contributed by atoms with van der Waals surface area (Å²) < 4.78 is 10.8. The van der Waals surface area contributed by atoms with Crippen LogP contribution < -0.4 is 10.6 Å². The van der Waals surface area contributed by atoms with Gasteiger partial charge in [0.25, 0.3) is 0 Å². The number of carbonyl (C=O) groups excluding carboxylic acids is 1. The third-order valence-corrected chi connectivity index (χ3v) is 3.92. The van der Waals surface area contributed by atoms with Crippen LogP contribution in [0.25, 0.3) is 0 Å². The number of nitrogens with one attached hydrogen (secondary N) is 2. The van der Waals surface area contributed by atoms with Gasteiger partial charge in [0.05, 0.1) is 12.5 Å². The van der Waals surface area contributed by atoms with E-state index in [1.54, 1.807) is 7.11 Å². The Bertz CT molecular complexity index is 448. The summed E-state index contributed by atoms with van der Waals surface area (Å²) in [5, 5.41) is 9.96. The van der Waals surface area contributed by atoms with Crippen molar-refractivity contribution >= 4 is 5.91 Å². The molecule has 20 heavy (non-hydrogen) atoms. The molecular formula is C13H22N4O3. The van der Waals surface area contributed by atoms with Crippen molar-refractivity contribution in [2.24, 2.45) is 0 Å². The van der Waals surface area contributed by atoms with E-state index in [1.807, 2.05) is 13.8 Å². The lowest BCUT2D eigenvalue weighted by Gasteiger charge is -2.26. The Labute approximate surface area is 118 Å². The standard InChI is InChI=1S/C13H22N4O3/c1-4-13(5-2,19-3)12-16-10(20-17-12)8-9-11(18)15-7-6-14-9/h9,14H,4-8H2,1-3H3,(H,15,18). The average molecular weight is 282 g/mol. The van der Waals surface area contributed by atoms with Crippen LogP contribution in [-0.4, -0.2) is 42.3 Å². The van der Waals surface area contributed by atoms with Gasteiger partial charge in [-0.25, -0.2) is 0 Å². The predicted molar refractivity (Wildman–Crippen MR) is 72.1 cm³/mol. The number of amides is 1. The Morgan fingerprint density at radius 2 is 2.15 bits per heavy atom. The fourth-order valence-corrected chi connectivity index (χ4v) is 2.46. The molecule has 1 saturated heterocycles. The molecule has 0 saturated carbocycles. The summed E-state index contributed by atoms with van der Waals surface area (Å²) in [7, 11) is 1.65. The zero-order valence-corrected chi connectivity index (χ0v) is 12.2. The fourth-order valence-electron chi connectivity index (χ4n) is 2.46. The molecule has 0 radical (unpaired) electrons. The van der Waals surface area contributed by atoms with E-state index < -0.39 is 5.60 Å². The molecule has 2 heterocycles. The van der Waals surface area contributed by atoms with Crippen LogP contribution in [0.1, 0.15) is 38.4 Å². The summed E-state index contributed by atoms with van der Waals surface area (Å²) in [6, 6.07) is -0.308. The van der Waals surface area contributed by atoms with E-state index in [1.165, 1.54) is 0 Å². The van der Waals surface area contributed by atoms with Crippen LogP contribution in [-0.2, 0) is 21.6 Å². The Morgan fingerprint density at radius 1 is 1.40 bits per heavy atom. The van der Waals surface area contributed by atoms with Crippen molar-refractivity contribution < 1.29 is 14.1 Å². The molecule has 7 heteroatoms. The van der Waals surface area contributed by atoms with E-state index in [4.69, 9.17) is 9.26 Å². The molecule has 0 bridgehead atoms. The van der Waals surface area contributed by atoms with Crippen LogP contribution in [0.15, 0.2) is 4.52 Å². The first kappa shape index (κ1) is 14.9. The summed E-state index contributed by atoms with van der Waals surface area (Å²) in [5.41, 5.74) is -0.510. The minimum absolute atomic E-state index is 0.0278. The minimum atomic E-state index is -0.510. The van der Waals surface area contributed by atoms with Crippen molar-refractivity contribution in [3.05, 3.63) is 11.7 Å². The molecule has 1 fully saturated rings. The number of ether oxygens (including phenoxy) is 1. The Morgan fingerprint density at radius 3 is 2.75 bits per heavy atom. The summed E-state index contributed by atoms with van der Waals surface area (Å²) in [5.74, 6) is 0.981. The highest BCUT2D eigenvalue weighted by Crippen LogP contribution is 2.30. The molecule has 1 atom stereocenters. The molecule has 7 nitrogen and oxygen atoms in total. The van der Waals surface area contributed by atoms with E-state index in [0.29, 0.717) is 24.7 Å². The Kier molecular flexibility index (Phi) is 4.72. The first-order chi connectivity index (χ1) is 9.65. The lowest BCUT2D eigenvalue weighted by molar-refractivity contribution is -0.124. The number of hydrogen-bond acceptors (Lipinski definition) is 6. The summed E-state index contributed by atoms with van der Waals surface area (Å²) in [6.07, 6.45) is 1.92. The van der Waals surface area contributed by atoms with Crippen LogP contribution in [0.3, 0.4) is 0 Å². The molecule has 1 aliphatic heterocycles. The van der Waals surface area contributed by atoms with Crippen LogP contribution in [0, 0.1) is 0 Å². The summed E-state index contributed by atoms with van der Waals surface area (Å²) in [4.78, 5) is 16.1. The molecule has 1 unspecified atom stereocenters. The van der Waals surface area contributed by atoms with Gasteiger partial charge in [0.1, 0.15) is 5.60 Å². The second-order valence-corrected chi connectivity index (χ2v) is 4.92. The maximum Gasteiger partial charge on any atom is 0.237 e. The third kappa shape index (κ3) is 2.83. The van der Waals surface area contributed by atoms with Gasteiger partial charge < -0.3 is 19.9 Å². The fraction of sp³-hybridized carbons (Fsp3) is 0.769. The maximum atomic E-state index is 11.7. The molecular weight excluding hydrogens is 260 g/mol. The average Bonchev–Trinajstić information content (AvgIpc) is 2.93. The van der Waals surface area contributed by atoms with Gasteiger partial charge in [-0.3, -0.25) is 4.79 Å². The molecule has 1 aliphatic rings. The smallest absolute Gasteiger partial charge is 0.237 e. The zero-order valence-electron chi connectivity index (χ0n) is 12.2. The first-order valence-corrected chi connectivity index (χ1v) is 7.04. The summed E-state index contributed by atoms with van der Waals surface area (Å²) in [6.45, 7) is 5.46. The number of nitrogens with zero attached hydrogens (tertiary/aromatic N) is 2. The maximum absolute atomic E-state index is 11.7. The number of hydrogen-bond donors (Lipinski definition) is 2. The summed E-state index contributed by atoms with van der Waals surface area (Å²) >= 11 is 0. The normalized spacial score (nSPS) is 19.9. The van der Waals surface area contributed by atoms with E-state index in [0.717, 1.165) is 19.4 Å². The van der Waals surface area contributed by atoms with Crippen molar-refractivity contribution in [3.63, 3.8) is 0 Å². The third-order valence-electron chi connectivity index (χ3n) is 3.92. The number of carbonyl (C=O) groups is 1. The topological polar surface area (TPSA) is 89.3 Å². The molecule has 1 amide bonds. The second kappa shape index (κ2) is 6.32. The highest BCUT2D eigenvalue weighted by Gasteiger charge is 2.34. The van der Waals surface area contributed by atoms with Crippen molar-refractivity contribution in [1.29, 1.82) is 0 Å². The largest absolute Gasteiger partial charge is 0.370 e. The lowest BCUT2D eigenvalue weighted by atomic mass is 9.96. The van der Waals surface area contributed by atoms with Crippen LogP contribution in [0.2, 0.25) is 0 Å². The van der Waals surface area contributed by atoms with Gasteiger partial charge in [-0.15, -0.1) is 0 Å². The van der Waals surface area contributed by atoms with Gasteiger partial charge in [0, 0.05) is 20.2 Å². The number of piperazine rings is 1. The van der Waals surface area contributed by atoms with Gasteiger partial charge in [0.15, 0.2) is 0 Å². The van der Waals surface area contributed by atoms with Crippen molar-refractivity contribution in [2.45, 2.75) is 44.8 Å². The molecule has 1 aromatic heterocycles. The minimum Gasteiger partial charge on any atom is -0.370 e. The molecule has 0 spiro atoms. The van der Waals surface area contributed by atoms with E-state index in [-0.39, 0.29) is 11.9 Å². The van der Waals surface area contributed by atoms with Gasteiger partial charge in [-0.1, -0.05) is 19.0 Å². The molecule has 0 aliphatic carbocycles. The number of aromatic nitrogens is 2. The number of methoxy groups -OCH3 is 1. The van der Waals surface area contributed by atoms with Gasteiger partial charge >= 0.3 is 0 Å². The molecule has 112 valence electrons. The Balaban J connectivity index is 2.10. The molecule has 2 rings (SSSR count). The highest BCUT2D eigenvalue weighted by molar-refractivity contribution is 5.82. The van der Waals surface area contributed by atoms with Crippen molar-refractivity contribution in [1.82, 2.24) is 20.8 Å². The predicted octanol–water partition coefficient (Wildman–Crippen LogP) is 0.362. The van der Waals surface area contributed by atoms with Crippen LogP contribution in [0.5, 0.6) is 0 Å². The second-order valence-electron chi connectivity index (χ2n) is 4.92. The van der Waals surface area contributed by atoms with E-state index in [9.17, 15) is 4.79 Å². The van der Waals surface area contributed by atoms with E-state index >= 15 is 0 Å². The molecule has 0 aromatic carbocycles. The first-order valence-electron chi connectivity index (χ1n) is 7.04. The number of rotatable bonds is 6.